The van der Waals surface area contributed by atoms with Crippen LogP contribution in [0.4, 0.5) is 0 Å². The fourth-order valence-corrected chi connectivity index (χ4v) is 5.89. The molecule has 3 fully saturated rings. The summed E-state index contributed by atoms with van der Waals surface area (Å²) in [6.07, 6.45) is 6.76. The number of hydrogen-bond donors (Lipinski definition) is 0. The summed E-state index contributed by atoms with van der Waals surface area (Å²) in [5.74, 6) is 0.763. The van der Waals surface area contributed by atoms with E-state index in [0.29, 0.717) is 28.9 Å². The van der Waals surface area contributed by atoms with Crippen molar-refractivity contribution in [3.05, 3.63) is 58.8 Å². The number of carbonyl (C=O) groups is 3. The van der Waals surface area contributed by atoms with Gasteiger partial charge in [0, 0.05) is 5.56 Å². The van der Waals surface area contributed by atoms with Crippen LogP contribution in [-0.2, 0) is 14.3 Å². The molecule has 0 spiro atoms. The number of furan rings is 1. The molecule has 0 N–H and O–H groups in total. The molecule has 7 rings (SSSR count). The van der Waals surface area contributed by atoms with Gasteiger partial charge in [0.2, 0.25) is 0 Å². The summed E-state index contributed by atoms with van der Waals surface area (Å²) in [7, 11) is 1.29. The number of methoxy groups -OCH3 is 1. The van der Waals surface area contributed by atoms with Crippen molar-refractivity contribution in [2.75, 3.05) is 7.11 Å². The van der Waals surface area contributed by atoms with Crippen LogP contribution in [0.3, 0.4) is 0 Å². The van der Waals surface area contributed by atoms with E-state index in [0.717, 1.165) is 11.4 Å². The molecule has 2 aromatic rings. The molecule has 162 valence electrons. The molecule has 1 aromatic heterocycles. The zero-order valence-corrected chi connectivity index (χ0v) is 17.9. The standard InChI is InChI=1S/C24H19ClN2O5/c1-31-24(30)17-8-11(2-6-18(17)25)19-7-3-12(32-19)10-26-27-22(28)20-13-4-5-14(16-9-15(13)16)21(20)23(27)29/h2-8,10,13-16,20-21H,9H2,1H3/b26-10-/t13-,14-,15-,16+,20-,21-/m1/s1. The summed E-state index contributed by atoms with van der Waals surface area (Å²) in [5, 5.41) is 5.49. The summed E-state index contributed by atoms with van der Waals surface area (Å²) >= 11 is 6.07. The van der Waals surface area contributed by atoms with Gasteiger partial charge >= 0.3 is 5.97 Å². The van der Waals surface area contributed by atoms with Gasteiger partial charge in [-0.15, -0.1) is 0 Å². The Hall–Kier alpha value is -3.19. The molecule has 5 aliphatic rings. The Morgan fingerprint density at radius 1 is 1.12 bits per heavy atom. The van der Waals surface area contributed by atoms with Gasteiger partial charge in [-0.25, -0.2) is 4.79 Å². The predicted molar refractivity (Wildman–Crippen MR) is 115 cm³/mol. The molecule has 1 aliphatic heterocycles. The smallest absolute Gasteiger partial charge is 0.339 e. The van der Waals surface area contributed by atoms with Crippen LogP contribution >= 0.6 is 11.6 Å². The highest BCUT2D eigenvalue weighted by atomic mass is 35.5. The van der Waals surface area contributed by atoms with Gasteiger partial charge in [-0.05, 0) is 60.4 Å². The van der Waals surface area contributed by atoms with E-state index in [1.165, 1.54) is 13.3 Å². The molecule has 8 heteroatoms. The summed E-state index contributed by atoms with van der Waals surface area (Å²) in [6, 6.07) is 8.30. The van der Waals surface area contributed by atoms with Crippen molar-refractivity contribution in [3.8, 4) is 11.3 Å². The van der Waals surface area contributed by atoms with Gasteiger partial charge < -0.3 is 9.15 Å². The maximum absolute atomic E-state index is 13.0. The summed E-state index contributed by atoms with van der Waals surface area (Å²) in [5.41, 5.74) is 0.867. The van der Waals surface area contributed by atoms with Gasteiger partial charge in [-0.2, -0.15) is 10.1 Å². The lowest BCUT2D eigenvalue weighted by molar-refractivity contribution is -0.140. The van der Waals surface area contributed by atoms with Crippen LogP contribution in [0, 0.1) is 35.5 Å². The van der Waals surface area contributed by atoms with E-state index in [4.69, 9.17) is 20.8 Å². The first-order valence-electron chi connectivity index (χ1n) is 10.6. The van der Waals surface area contributed by atoms with Crippen molar-refractivity contribution < 1.29 is 23.5 Å². The highest BCUT2D eigenvalue weighted by molar-refractivity contribution is 6.33. The number of esters is 1. The number of allylic oxidation sites excluding steroid dienone is 2. The Morgan fingerprint density at radius 3 is 2.47 bits per heavy atom. The number of hydrogen-bond acceptors (Lipinski definition) is 6. The number of halogens is 1. The maximum Gasteiger partial charge on any atom is 0.339 e. The van der Waals surface area contributed by atoms with E-state index in [-0.39, 0.29) is 46.1 Å². The van der Waals surface area contributed by atoms with Crippen molar-refractivity contribution in [2.45, 2.75) is 6.42 Å². The molecule has 0 unspecified atom stereocenters. The Morgan fingerprint density at radius 2 is 1.81 bits per heavy atom. The lowest BCUT2D eigenvalue weighted by Gasteiger charge is -2.37. The molecular weight excluding hydrogens is 432 g/mol. The largest absolute Gasteiger partial charge is 0.465 e. The average molecular weight is 451 g/mol. The normalized spacial score (nSPS) is 31.9. The number of benzene rings is 1. The average Bonchev–Trinajstić information content (AvgIpc) is 3.44. The van der Waals surface area contributed by atoms with Crippen molar-refractivity contribution in [2.24, 2.45) is 40.6 Å². The lowest BCUT2D eigenvalue weighted by Crippen LogP contribution is -2.40. The number of carbonyl (C=O) groups excluding carboxylic acids is 3. The monoisotopic (exact) mass is 450 g/mol. The maximum atomic E-state index is 13.0. The number of imide groups is 1. The van der Waals surface area contributed by atoms with E-state index in [2.05, 4.69) is 17.3 Å². The van der Waals surface area contributed by atoms with Crippen molar-refractivity contribution in [1.29, 1.82) is 0 Å². The highest BCUT2D eigenvalue weighted by Gasteiger charge is 2.67. The first-order chi connectivity index (χ1) is 15.5. The first kappa shape index (κ1) is 19.5. The molecule has 2 saturated carbocycles. The van der Waals surface area contributed by atoms with Gasteiger partial charge in [0.25, 0.3) is 11.8 Å². The molecule has 1 saturated heterocycles. The minimum Gasteiger partial charge on any atom is -0.465 e. The van der Waals surface area contributed by atoms with E-state index >= 15 is 0 Å². The molecular formula is C24H19ClN2O5. The number of nitrogens with zero attached hydrogens (tertiary/aromatic N) is 2. The second kappa shape index (κ2) is 6.90. The first-order valence-corrected chi connectivity index (χ1v) is 10.9. The summed E-state index contributed by atoms with van der Waals surface area (Å²) in [6.45, 7) is 0. The minimum atomic E-state index is -0.543. The Balaban J connectivity index is 1.23. The summed E-state index contributed by atoms with van der Waals surface area (Å²) in [4.78, 5) is 37.9. The van der Waals surface area contributed by atoms with Crippen LogP contribution in [0.25, 0.3) is 11.3 Å². The molecule has 7 nitrogen and oxygen atoms in total. The van der Waals surface area contributed by atoms with Gasteiger partial charge in [0.05, 0.1) is 35.7 Å². The van der Waals surface area contributed by atoms with E-state index in [9.17, 15) is 14.4 Å². The van der Waals surface area contributed by atoms with Crippen LogP contribution < -0.4 is 0 Å². The fourth-order valence-electron chi connectivity index (χ4n) is 5.69. The number of rotatable bonds is 4. The second-order valence-electron chi connectivity index (χ2n) is 8.78. The predicted octanol–water partition coefficient (Wildman–Crippen LogP) is 3.77. The van der Waals surface area contributed by atoms with Crippen molar-refractivity contribution in [3.63, 3.8) is 0 Å². The highest BCUT2D eigenvalue weighted by Crippen LogP contribution is 2.65. The van der Waals surface area contributed by atoms with Crippen molar-refractivity contribution >= 4 is 35.6 Å². The van der Waals surface area contributed by atoms with Crippen LogP contribution in [0.1, 0.15) is 22.5 Å². The molecule has 0 radical (unpaired) electrons. The SMILES string of the molecule is COC(=O)c1cc(-c2ccc(/C=N\N3C(=O)[C@@H]4[C@@H]5C=C[C@H]([C@@H]6C[C@H]56)[C@H]4C3=O)o2)ccc1Cl. The van der Waals surface area contributed by atoms with Crippen LogP contribution in [0.2, 0.25) is 5.02 Å². The zero-order chi connectivity index (χ0) is 22.1. The third kappa shape index (κ3) is 2.73. The van der Waals surface area contributed by atoms with Gasteiger partial charge in [-0.3, -0.25) is 9.59 Å². The summed E-state index contributed by atoms with van der Waals surface area (Å²) < 4.78 is 10.5. The van der Waals surface area contributed by atoms with Crippen LogP contribution in [0.5, 0.6) is 0 Å². The van der Waals surface area contributed by atoms with Gasteiger partial charge in [0.1, 0.15) is 11.5 Å². The molecule has 6 atom stereocenters. The van der Waals surface area contributed by atoms with Gasteiger partial charge in [0.15, 0.2) is 0 Å². The number of ether oxygens (including phenoxy) is 1. The number of amides is 2. The fraction of sp³-hybridized carbons (Fsp3) is 0.333. The third-order valence-corrected chi connectivity index (χ3v) is 7.55. The molecule has 4 aliphatic carbocycles. The van der Waals surface area contributed by atoms with Crippen molar-refractivity contribution in [1.82, 2.24) is 5.01 Å². The molecule has 2 bridgehead atoms. The molecule has 2 heterocycles. The molecule has 32 heavy (non-hydrogen) atoms. The Kier molecular flexibility index (Phi) is 4.21. The Bertz CT molecular complexity index is 1190. The quantitative estimate of drug-likeness (QED) is 0.306. The zero-order valence-electron chi connectivity index (χ0n) is 17.1. The third-order valence-electron chi connectivity index (χ3n) is 7.22. The van der Waals surface area contributed by atoms with Crippen LogP contribution in [0.15, 0.2) is 52.0 Å². The van der Waals surface area contributed by atoms with E-state index in [1.54, 1.807) is 30.3 Å². The lowest BCUT2D eigenvalue weighted by atomic mass is 9.63. The van der Waals surface area contributed by atoms with E-state index < -0.39 is 5.97 Å². The number of hydrazone groups is 1. The Labute approximate surface area is 188 Å². The minimum absolute atomic E-state index is 0.163. The van der Waals surface area contributed by atoms with Crippen LogP contribution in [-0.4, -0.2) is 36.1 Å². The molecule has 1 aromatic carbocycles. The van der Waals surface area contributed by atoms with Gasteiger partial charge in [-0.1, -0.05) is 23.8 Å². The van der Waals surface area contributed by atoms with E-state index in [1.807, 2.05) is 0 Å². The molecule has 2 amide bonds. The second-order valence-corrected chi connectivity index (χ2v) is 9.18. The topological polar surface area (TPSA) is 89.2 Å².